The molecule has 4 rings (SSSR count). The number of piperidine rings is 1. The molecule has 0 spiro atoms. The number of benzene rings is 1. The molecule has 3 aromatic rings. The molecule has 1 amide bonds. The van der Waals surface area contributed by atoms with Gasteiger partial charge in [-0.25, -0.2) is 4.98 Å². The number of hydrogen-bond acceptors (Lipinski definition) is 3. The van der Waals surface area contributed by atoms with Gasteiger partial charge in [-0.2, -0.15) is 5.10 Å². The Morgan fingerprint density at radius 1 is 1.30 bits per heavy atom. The predicted molar refractivity (Wildman–Crippen MR) is 105 cm³/mol. The summed E-state index contributed by atoms with van der Waals surface area (Å²) in [7, 11) is 0. The number of imidazole rings is 1. The van der Waals surface area contributed by atoms with E-state index < -0.39 is 0 Å². The molecule has 140 valence electrons. The second-order valence-corrected chi connectivity index (χ2v) is 7.37. The zero-order valence-corrected chi connectivity index (χ0v) is 15.9. The Morgan fingerprint density at radius 3 is 2.81 bits per heavy atom. The van der Waals surface area contributed by atoms with Gasteiger partial charge < -0.3 is 9.47 Å². The summed E-state index contributed by atoms with van der Waals surface area (Å²) in [4.78, 5) is 18.4. The number of nitrogens with zero attached hydrogens (tertiary/aromatic N) is 4. The first kappa shape index (κ1) is 17.5. The van der Waals surface area contributed by atoms with Crippen LogP contribution in [0.1, 0.15) is 25.5 Å². The van der Waals surface area contributed by atoms with Crippen LogP contribution in [0.25, 0.3) is 22.6 Å². The Balaban J connectivity index is 1.69. The zero-order chi connectivity index (χ0) is 18.8. The zero-order valence-electron chi connectivity index (χ0n) is 15.9. The molecule has 1 aliphatic heterocycles. The number of aromatic nitrogens is 4. The van der Waals surface area contributed by atoms with E-state index in [1.165, 1.54) is 0 Å². The molecular weight excluding hydrogens is 338 g/mol. The van der Waals surface area contributed by atoms with E-state index in [-0.39, 0.29) is 5.91 Å². The average molecular weight is 363 g/mol. The van der Waals surface area contributed by atoms with Gasteiger partial charge in [0.25, 0.3) is 0 Å². The molecule has 0 unspecified atom stereocenters. The summed E-state index contributed by atoms with van der Waals surface area (Å²) >= 11 is 0. The summed E-state index contributed by atoms with van der Waals surface area (Å²) in [5.74, 6) is 0.595. The van der Waals surface area contributed by atoms with Crippen molar-refractivity contribution in [2.45, 2.75) is 33.2 Å². The van der Waals surface area contributed by atoms with E-state index in [0.29, 0.717) is 5.92 Å². The monoisotopic (exact) mass is 363 g/mol. The van der Waals surface area contributed by atoms with Crippen molar-refractivity contribution in [3.05, 3.63) is 48.4 Å². The second kappa shape index (κ2) is 7.39. The Hall–Kier alpha value is -2.89. The van der Waals surface area contributed by atoms with Gasteiger partial charge in [-0.15, -0.1) is 0 Å². The van der Waals surface area contributed by atoms with Crippen LogP contribution in [-0.4, -0.2) is 43.6 Å². The highest BCUT2D eigenvalue weighted by molar-refractivity contribution is 5.77. The van der Waals surface area contributed by atoms with Gasteiger partial charge in [0.15, 0.2) is 0 Å². The van der Waals surface area contributed by atoms with Gasteiger partial charge in [-0.3, -0.25) is 9.89 Å². The minimum atomic E-state index is 0.165. The first-order valence-electron chi connectivity index (χ1n) is 9.50. The van der Waals surface area contributed by atoms with E-state index in [9.17, 15) is 4.79 Å². The quantitative estimate of drug-likeness (QED) is 0.771. The molecular formula is C21H25N5O. The highest BCUT2D eigenvalue weighted by atomic mass is 16.2. The Morgan fingerprint density at radius 2 is 2.11 bits per heavy atom. The van der Waals surface area contributed by atoms with E-state index in [0.717, 1.165) is 60.8 Å². The van der Waals surface area contributed by atoms with Gasteiger partial charge >= 0.3 is 0 Å². The van der Waals surface area contributed by atoms with E-state index in [4.69, 9.17) is 4.98 Å². The van der Waals surface area contributed by atoms with E-state index >= 15 is 0 Å². The minimum absolute atomic E-state index is 0.165. The number of H-pyrrole nitrogens is 1. The maximum Gasteiger partial charge on any atom is 0.219 e. The highest BCUT2D eigenvalue weighted by Gasteiger charge is 2.24. The number of carbonyl (C=O) groups is 1. The molecule has 1 N–H and O–H groups in total. The van der Waals surface area contributed by atoms with Crippen LogP contribution in [0, 0.1) is 12.8 Å². The Bertz CT molecular complexity index is 927. The average Bonchev–Trinajstić information content (AvgIpc) is 3.28. The largest absolute Gasteiger partial charge is 0.343 e. The summed E-state index contributed by atoms with van der Waals surface area (Å²) < 4.78 is 2.20. The van der Waals surface area contributed by atoms with Crippen molar-refractivity contribution in [3.63, 3.8) is 0 Å². The molecule has 2 aromatic heterocycles. The summed E-state index contributed by atoms with van der Waals surface area (Å²) in [5, 5.41) is 7.54. The Kier molecular flexibility index (Phi) is 4.79. The molecule has 27 heavy (non-hydrogen) atoms. The van der Waals surface area contributed by atoms with Gasteiger partial charge in [-0.05, 0) is 31.7 Å². The SMILES string of the molecule is CC(=O)N1CCC[C@@H](Cn2cnc(-c3ccccc3)c2-c2cc(C)[nH]n2)C1. The molecule has 0 saturated carbocycles. The molecule has 1 atom stereocenters. The third-order valence-corrected chi connectivity index (χ3v) is 5.25. The molecule has 0 aliphatic carbocycles. The lowest BCUT2D eigenvalue weighted by atomic mass is 9.97. The molecule has 1 saturated heterocycles. The predicted octanol–water partition coefficient (Wildman–Crippen LogP) is 3.51. The number of hydrogen-bond donors (Lipinski definition) is 1. The molecule has 6 heteroatoms. The highest BCUT2D eigenvalue weighted by Crippen LogP contribution is 2.31. The summed E-state index contributed by atoms with van der Waals surface area (Å²) in [6, 6.07) is 12.3. The first-order valence-corrected chi connectivity index (χ1v) is 9.50. The minimum Gasteiger partial charge on any atom is -0.343 e. The first-order chi connectivity index (χ1) is 13.1. The lowest BCUT2D eigenvalue weighted by molar-refractivity contribution is -0.130. The van der Waals surface area contributed by atoms with Crippen LogP contribution in [0.2, 0.25) is 0 Å². The third kappa shape index (κ3) is 3.65. The molecule has 6 nitrogen and oxygen atoms in total. The summed E-state index contributed by atoms with van der Waals surface area (Å²) in [6.45, 7) is 6.19. The van der Waals surface area contributed by atoms with Crippen LogP contribution in [-0.2, 0) is 11.3 Å². The van der Waals surface area contributed by atoms with Crippen LogP contribution >= 0.6 is 0 Å². The van der Waals surface area contributed by atoms with Crippen LogP contribution in [0.5, 0.6) is 0 Å². The normalized spacial score (nSPS) is 17.3. The number of amides is 1. The fourth-order valence-corrected chi connectivity index (χ4v) is 3.91. The summed E-state index contributed by atoms with van der Waals surface area (Å²) in [5.41, 5.74) is 4.99. The Labute approximate surface area is 159 Å². The third-order valence-electron chi connectivity index (χ3n) is 5.25. The van der Waals surface area contributed by atoms with Gasteiger partial charge in [0.2, 0.25) is 5.91 Å². The van der Waals surface area contributed by atoms with E-state index in [1.807, 2.05) is 36.4 Å². The smallest absolute Gasteiger partial charge is 0.219 e. The van der Waals surface area contributed by atoms with Crippen LogP contribution in [0.4, 0.5) is 0 Å². The second-order valence-electron chi connectivity index (χ2n) is 7.37. The molecule has 0 radical (unpaired) electrons. The molecule has 1 aromatic carbocycles. The van der Waals surface area contributed by atoms with Gasteiger partial charge in [0, 0.05) is 37.8 Å². The molecule has 1 aliphatic rings. The van der Waals surface area contributed by atoms with Gasteiger partial charge in [0.05, 0.1) is 17.7 Å². The van der Waals surface area contributed by atoms with E-state index in [1.54, 1.807) is 6.92 Å². The number of carbonyl (C=O) groups excluding carboxylic acids is 1. The standard InChI is InChI=1S/C21H25N5O/c1-15-11-19(24-23-15)21-20(18-8-4-3-5-9-18)22-14-26(21)13-17-7-6-10-25(12-17)16(2)27/h3-5,8-9,11,14,17H,6-7,10,12-13H2,1-2H3,(H,23,24)/t17-/m1/s1. The lowest BCUT2D eigenvalue weighted by Gasteiger charge is -2.32. The van der Waals surface area contributed by atoms with Crippen molar-refractivity contribution < 1.29 is 4.79 Å². The van der Waals surface area contributed by atoms with Crippen molar-refractivity contribution in [2.24, 2.45) is 5.92 Å². The van der Waals surface area contributed by atoms with Crippen LogP contribution < -0.4 is 0 Å². The lowest BCUT2D eigenvalue weighted by Crippen LogP contribution is -2.39. The number of rotatable bonds is 4. The maximum atomic E-state index is 11.8. The fourth-order valence-electron chi connectivity index (χ4n) is 3.91. The van der Waals surface area contributed by atoms with Crippen molar-refractivity contribution in [3.8, 4) is 22.6 Å². The van der Waals surface area contributed by atoms with Gasteiger partial charge in [0.1, 0.15) is 5.69 Å². The van der Waals surface area contributed by atoms with Crippen molar-refractivity contribution in [1.82, 2.24) is 24.6 Å². The maximum absolute atomic E-state index is 11.8. The fraction of sp³-hybridized carbons (Fsp3) is 0.381. The molecule has 1 fully saturated rings. The van der Waals surface area contributed by atoms with Crippen molar-refractivity contribution >= 4 is 5.91 Å². The molecule has 0 bridgehead atoms. The van der Waals surface area contributed by atoms with Crippen molar-refractivity contribution in [1.29, 1.82) is 0 Å². The van der Waals surface area contributed by atoms with Gasteiger partial charge in [-0.1, -0.05) is 30.3 Å². The van der Waals surface area contributed by atoms with Crippen molar-refractivity contribution in [2.75, 3.05) is 13.1 Å². The number of likely N-dealkylation sites (tertiary alicyclic amines) is 1. The number of aryl methyl sites for hydroxylation is 1. The van der Waals surface area contributed by atoms with Crippen LogP contribution in [0.15, 0.2) is 42.7 Å². The van der Waals surface area contributed by atoms with Crippen LogP contribution in [0.3, 0.4) is 0 Å². The van der Waals surface area contributed by atoms with E-state index in [2.05, 4.69) is 33.0 Å². The number of aromatic amines is 1. The topological polar surface area (TPSA) is 66.8 Å². The molecule has 3 heterocycles. The number of nitrogens with one attached hydrogen (secondary N) is 1. The summed E-state index contributed by atoms with van der Waals surface area (Å²) in [6.07, 6.45) is 4.09.